The first kappa shape index (κ1) is 20.6. The normalized spacial score (nSPS) is 16.8. The average Bonchev–Trinajstić information content (AvgIpc) is 3.26. The fourth-order valence-corrected chi connectivity index (χ4v) is 3.65. The Kier molecular flexibility index (Phi) is 6.02. The SMILES string of the molecule is COC(=O)C1=C(C(=O)OC)N(c2cc(N3CCCC3)c([N+](=O)[O-])cc2C)COC1. The van der Waals surface area contributed by atoms with Gasteiger partial charge in [0.25, 0.3) is 5.69 Å². The number of hydrogen-bond donors (Lipinski definition) is 0. The summed E-state index contributed by atoms with van der Waals surface area (Å²) in [6.07, 6.45) is 1.90. The van der Waals surface area contributed by atoms with Crippen molar-refractivity contribution >= 4 is 29.0 Å². The summed E-state index contributed by atoms with van der Waals surface area (Å²) in [6, 6.07) is 3.15. The van der Waals surface area contributed by atoms with Gasteiger partial charge in [-0.05, 0) is 31.4 Å². The maximum atomic E-state index is 12.5. The van der Waals surface area contributed by atoms with Crippen LogP contribution in [0.3, 0.4) is 0 Å². The molecule has 0 aromatic heterocycles. The molecule has 10 heteroatoms. The second-order valence-corrected chi connectivity index (χ2v) is 6.79. The van der Waals surface area contributed by atoms with Gasteiger partial charge in [0.1, 0.15) is 18.1 Å². The quantitative estimate of drug-likeness (QED) is 0.412. The highest BCUT2D eigenvalue weighted by Gasteiger charge is 2.34. The van der Waals surface area contributed by atoms with Crippen LogP contribution in [0.4, 0.5) is 17.1 Å². The highest BCUT2D eigenvalue weighted by molar-refractivity contribution is 6.03. The van der Waals surface area contributed by atoms with E-state index in [0.717, 1.165) is 12.8 Å². The Morgan fingerprint density at radius 2 is 1.76 bits per heavy atom. The minimum absolute atomic E-state index is 0.00265. The summed E-state index contributed by atoms with van der Waals surface area (Å²) in [5.41, 5.74) is 1.61. The van der Waals surface area contributed by atoms with Gasteiger partial charge in [-0.25, -0.2) is 9.59 Å². The summed E-state index contributed by atoms with van der Waals surface area (Å²) in [4.78, 5) is 39.4. The van der Waals surface area contributed by atoms with Crippen LogP contribution < -0.4 is 9.80 Å². The van der Waals surface area contributed by atoms with Gasteiger partial charge in [0.05, 0.1) is 31.3 Å². The summed E-state index contributed by atoms with van der Waals surface area (Å²) in [5.74, 6) is -1.41. The van der Waals surface area contributed by atoms with Crippen LogP contribution in [0.1, 0.15) is 18.4 Å². The number of ether oxygens (including phenoxy) is 3. The third kappa shape index (κ3) is 3.88. The molecule has 2 aliphatic rings. The molecule has 156 valence electrons. The van der Waals surface area contributed by atoms with Crippen molar-refractivity contribution in [1.82, 2.24) is 0 Å². The maximum absolute atomic E-state index is 12.5. The standard InChI is InChI=1S/C19H23N3O7/c1-12-8-16(22(25)26)15(20-6-4-5-7-20)9-14(12)21-11-29-10-13(18(23)27-2)17(21)19(24)28-3/h8-9H,4-7,10-11H2,1-3H3. The molecule has 0 spiro atoms. The van der Waals surface area contributed by atoms with Crippen LogP contribution >= 0.6 is 0 Å². The Balaban J connectivity index is 2.17. The molecule has 0 N–H and O–H groups in total. The zero-order valence-electron chi connectivity index (χ0n) is 16.6. The zero-order chi connectivity index (χ0) is 21.1. The van der Waals surface area contributed by atoms with Gasteiger partial charge in [-0.3, -0.25) is 10.1 Å². The van der Waals surface area contributed by atoms with E-state index in [1.165, 1.54) is 25.2 Å². The van der Waals surface area contributed by atoms with E-state index in [1.54, 1.807) is 13.0 Å². The highest BCUT2D eigenvalue weighted by atomic mass is 16.6. The molecule has 1 aromatic carbocycles. The molecule has 1 fully saturated rings. The Hall–Kier alpha value is -3.14. The number of carbonyl (C=O) groups excluding carboxylic acids is 2. The second kappa shape index (κ2) is 8.48. The third-order valence-corrected chi connectivity index (χ3v) is 5.06. The molecule has 1 saturated heterocycles. The lowest BCUT2D eigenvalue weighted by Crippen LogP contribution is -2.39. The van der Waals surface area contributed by atoms with E-state index < -0.39 is 16.9 Å². The lowest BCUT2D eigenvalue weighted by atomic mass is 10.1. The molecular formula is C19H23N3O7. The van der Waals surface area contributed by atoms with E-state index >= 15 is 0 Å². The van der Waals surface area contributed by atoms with Crippen molar-refractivity contribution in [3.8, 4) is 0 Å². The van der Waals surface area contributed by atoms with Crippen LogP contribution in [0, 0.1) is 17.0 Å². The number of anilines is 2. The predicted molar refractivity (Wildman–Crippen MR) is 104 cm³/mol. The van der Waals surface area contributed by atoms with Crippen LogP contribution in [0.2, 0.25) is 0 Å². The Labute approximate surface area is 167 Å². The first-order valence-corrected chi connectivity index (χ1v) is 9.18. The number of benzene rings is 1. The molecule has 1 aromatic rings. The van der Waals surface area contributed by atoms with Crippen molar-refractivity contribution < 1.29 is 28.7 Å². The Morgan fingerprint density at radius 1 is 1.10 bits per heavy atom. The number of rotatable bonds is 5. The first-order valence-electron chi connectivity index (χ1n) is 9.18. The van der Waals surface area contributed by atoms with Gasteiger partial charge in [0.15, 0.2) is 0 Å². The minimum Gasteiger partial charge on any atom is -0.466 e. The number of methoxy groups -OCH3 is 2. The topological polar surface area (TPSA) is 111 Å². The average molecular weight is 405 g/mol. The highest BCUT2D eigenvalue weighted by Crippen LogP contribution is 2.39. The lowest BCUT2D eigenvalue weighted by molar-refractivity contribution is -0.384. The van der Waals surface area contributed by atoms with Gasteiger partial charge in [0, 0.05) is 24.8 Å². The number of nitro benzene ring substituents is 1. The maximum Gasteiger partial charge on any atom is 0.355 e. The Morgan fingerprint density at radius 3 is 2.34 bits per heavy atom. The number of nitro groups is 1. The number of aryl methyl sites for hydroxylation is 1. The smallest absolute Gasteiger partial charge is 0.355 e. The van der Waals surface area contributed by atoms with E-state index in [2.05, 4.69) is 0 Å². The predicted octanol–water partition coefficient (Wildman–Crippen LogP) is 1.90. The molecule has 3 rings (SSSR count). The number of esters is 2. The molecule has 2 aliphatic heterocycles. The van der Waals surface area contributed by atoms with Gasteiger partial charge < -0.3 is 24.0 Å². The molecule has 0 aliphatic carbocycles. The summed E-state index contributed by atoms with van der Waals surface area (Å²) < 4.78 is 15.2. The van der Waals surface area contributed by atoms with E-state index in [0.29, 0.717) is 30.0 Å². The summed E-state index contributed by atoms with van der Waals surface area (Å²) in [7, 11) is 2.43. The van der Waals surface area contributed by atoms with Crippen molar-refractivity contribution in [2.24, 2.45) is 0 Å². The molecule has 0 unspecified atom stereocenters. The van der Waals surface area contributed by atoms with Gasteiger partial charge in [-0.2, -0.15) is 0 Å². The third-order valence-electron chi connectivity index (χ3n) is 5.06. The van der Waals surface area contributed by atoms with E-state index in [9.17, 15) is 19.7 Å². The molecule has 2 heterocycles. The fourth-order valence-electron chi connectivity index (χ4n) is 3.65. The molecular weight excluding hydrogens is 382 g/mol. The fraction of sp³-hybridized carbons (Fsp3) is 0.474. The molecule has 29 heavy (non-hydrogen) atoms. The summed E-state index contributed by atoms with van der Waals surface area (Å²) >= 11 is 0. The van der Waals surface area contributed by atoms with Crippen LogP contribution in [-0.2, 0) is 23.8 Å². The van der Waals surface area contributed by atoms with Crippen molar-refractivity contribution in [3.05, 3.63) is 39.1 Å². The molecule has 0 bridgehead atoms. The molecule has 0 radical (unpaired) electrons. The van der Waals surface area contributed by atoms with Crippen LogP contribution in [0.25, 0.3) is 0 Å². The van der Waals surface area contributed by atoms with Crippen molar-refractivity contribution in [2.45, 2.75) is 19.8 Å². The number of hydrogen-bond acceptors (Lipinski definition) is 9. The summed E-state index contributed by atoms with van der Waals surface area (Å²) in [5, 5.41) is 11.6. The zero-order valence-corrected chi connectivity index (χ0v) is 16.6. The van der Waals surface area contributed by atoms with Gasteiger partial charge in [0.2, 0.25) is 0 Å². The largest absolute Gasteiger partial charge is 0.466 e. The molecule has 0 saturated carbocycles. The van der Waals surface area contributed by atoms with Crippen LogP contribution in [0.5, 0.6) is 0 Å². The van der Waals surface area contributed by atoms with Crippen molar-refractivity contribution in [1.29, 1.82) is 0 Å². The van der Waals surface area contributed by atoms with Crippen LogP contribution in [-0.4, -0.2) is 57.5 Å². The minimum atomic E-state index is -0.714. The number of carbonyl (C=O) groups is 2. The number of nitrogens with zero attached hydrogens (tertiary/aromatic N) is 3. The van der Waals surface area contributed by atoms with Crippen molar-refractivity contribution in [2.75, 3.05) is 50.4 Å². The second-order valence-electron chi connectivity index (χ2n) is 6.79. The van der Waals surface area contributed by atoms with Gasteiger partial charge in [-0.1, -0.05) is 0 Å². The Bertz CT molecular complexity index is 875. The molecule has 0 atom stereocenters. The van der Waals surface area contributed by atoms with E-state index in [1.807, 2.05) is 4.90 Å². The van der Waals surface area contributed by atoms with Gasteiger partial charge in [-0.15, -0.1) is 0 Å². The van der Waals surface area contributed by atoms with Gasteiger partial charge >= 0.3 is 11.9 Å². The van der Waals surface area contributed by atoms with Crippen molar-refractivity contribution in [3.63, 3.8) is 0 Å². The van der Waals surface area contributed by atoms with E-state index in [4.69, 9.17) is 14.2 Å². The molecule has 0 amide bonds. The monoisotopic (exact) mass is 405 g/mol. The van der Waals surface area contributed by atoms with Crippen LogP contribution in [0.15, 0.2) is 23.4 Å². The first-order chi connectivity index (χ1) is 13.9. The molecule has 10 nitrogen and oxygen atoms in total. The van der Waals surface area contributed by atoms with E-state index in [-0.39, 0.29) is 30.3 Å². The lowest BCUT2D eigenvalue weighted by Gasteiger charge is -2.33. The summed E-state index contributed by atoms with van der Waals surface area (Å²) in [6.45, 7) is 3.03.